The van der Waals surface area contributed by atoms with Crippen molar-refractivity contribution in [1.82, 2.24) is 5.32 Å². The van der Waals surface area contributed by atoms with Crippen LogP contribution >= 0.6 is 0 Å². The van der Waals surface area contributed by atoms with Crippen molar-refractivity contribution in [2.45, 2.75) is 31.7 Å². The Balaban J connectivity index is 2.19. The molecule has 0 aliphatic carbocycles. The number of carboxylic acids is 1. The molecule has 0 saturated heterocycles. The average molecular weight is 518 g/mol. The summed E-state index contributed by atoms with van der Waals surface area (Å²) in [4.78, 5) is 52.0. The number of carbonyl (C=O) groups excluding carboxylic acids is 3. The largest absolute Gasteiger partial charge is 0.480 e. The molecule has 0 saturated carbocycles. The molecule has 8 nitrogen and oxygen atoms in total. The van der Waals surface area contributed by atoms with Gasteiger partial charge in [-0.05, 0) is 30.5 Å². The highest BCUT2D eigenvalue weighted by Gasteiger charge is 2.47. The molecule has 0 radical (unpaired) electrons. The minimum Gasteiger partial charge on any atom is -0.480 e. The zero-order chi connectivity index (χ0) is 27.5. The summed E-state index contributed by atoms with van der Waals surface area (Å²) in [6, 6.07) is 25.2. The Morgan fingerprint density at radius 1 is 0.737 bits per heavy atom. The van der Waals surface area contributed by atoms with Crippen LogP contribution in [0.5, 0.6) is 0 Å². The van der Waals surface area contributed by atoms with E-state index in [0.717, 1.165) is 0 Å². The monoisotopic (exact) mass is 517 g/mol. The number of esters is 2. The summed E-state index contributed by atoms with van der Waals surface area (Å²) in [6.07, 6.45) is -0.571. The van der Waals surface area contributed by atoms with Gasteiger partial charge in [0.25, 0.3) is 0 Å². The number of rotatable bonds is 12. The van der Waals surface area contributed by atoms with Gasteiger partial charge in [-0.2, -0.15) is 0 Å². The number of hydrogen-bond donors (Lipinski definition) is 2. The van der Waals surface area contributed by atoms with Crippen LogP contribution in [-0.4, -0.2) is 48.2 Å². The van der Waals surface area contributed by atoms with E-state index in [9.17, 15) is 24.3 Å². The smallest absolute Gasteiger partial charge is 0.327 e. The van der Waals surface area contributed by atoms with Crippen LogP contribution in [0.15, 0.2) is 91.0 Å². The molecule has 8 heteroatoms. The van der Waals surface area contributed by atoms with E-state index in [4.69, 9.17) is 9.47 Å². The van der Waals surface area contributed by atoms with E-state index in [1.807, 2.05) is 18.2 Å². The van der Waals surface area contributed by atoms with E-state index in [1.165, 1.54) is 0 Å². The Labute approximate surface area is 221 Å². The molecule has 0 heterocycles. The van der Waals surface area contributed by atoms with Gasteiger partial charge < -0.3 is 19.9 Å². The van der Waals surface area contributed by atoms with Crippen molar-refractivity contribution in [3.63, 3.8) is 0 Å². The molecule has 2 atom stereocenters. The minimum atomic E-state index is -1.76. The number of amides is 1. The molecule has 0 unspecified atom stereocenters. The van der Waals surface area contributed by atoms with Crippen molar-refractivity contribution >= 4 is 23.8 Å². The summed E-state index contributed by atoms with van der Waals surface area (Å²) >= 11 is 0. The number of benzene rings is 3. The number of aliphatic carboxylic acids is 1. The van der Waals surface area contributed by atoms with Gasteiger partial charge in [0.15, 0.2) is 0 Å². The number of nitrogens with one attached hydrogen (secondary N) is 1. The maximum Gasteiger partial charge on any atom is 0.327 e. The van der Waals surface area contributed by atoms with Crippen LogP contribution in [0.3, 0.4) is 0 Å². The van der Waals surface area contributed by atoms with E-state index < -0.39 is 47.6 Å². The third kappa shape index (κ3) is 6.08. The van der Waals surface area contributed by atoms with Crippen molar-refractivity contribution in [3.05, 3.63) is 108 Å². The van der Waals surface area contributed by atoms with Gasteiger partial charge in [-0.25, -0.2) is 4.79 Å². The molecule has 0 bridgehead atoms. The maximum absolute atomic E-state index is 14.4. The van der Waals surface area contributed by atoms with E-state index in [-0.39, 0.29) is 13.2 Å². The third-order valence-corrected chi connectivity index (χ3v) is 6.20. The molecule has 3 aromatic carbocycles. The zero-order valence-corrected chi connectivity index (χ0v) is 21.3. The van der Waals surface area contributed by atoms with Crippen LogP contribution < -0.4 is 5.32 Å². The topological polar surface area (TPSA) is 119 Å². The van der Waals surface area contributed by atoms with Crippen molar-refractivity contribution < 1.29 is 33.8 Å². The van der Waals surface area contributed by atoms with E-state index >= 15 is 0 Å². The lowest BCUT2D eigenvalue weighted by atomic mass is 9.68. The fourth-order valence-corrected chi connectivity index (χ4v) is 4.53. The summed E-state index contributed by atoms with van der Waals surface area (Å²) in [5, 5.41) is 12.7. The molecular weight excluding hydrogens is 486 g/mol. The standard InChI is InChI=1S/C30H31NO7/c1-3-37-25(32)20-24(28(35)38-4-2)26(27(33)34)31-29(36)30(21-14-8-5-9-15-21,22-16-10-6-11-17-22)23-18-12-7-13-19-23/h5-19,24,26H,3-4,20H2,1-2H3,(H,31,36)(H,33,34)/t24-,26-/m0/s1. The van der Waals surface area contributed by atoms with Crippen molar-refractivity contribution in [2.75, 3.05) is 13.2 Å². The Morgan fingerprint density at radius 3 is 1.53 bits per heavy atom. The lowest BCUT2D eigenvalue weighted by molar-refractivity contribution is -0.160. The molecule has 198 valence electrons. The van der Waals surface area contributed by atoms with Crippen molar-refractivity contribution in [1.29, 1.82) is 0 Å². The lowest BCUT2D eigenvalue weighted by Crippen LogP contribution is -2.56. The van der Waals surface area contributed by atoms with Gasteiger partial charge in [-0.3, -0.25) is 14.4 Å². The van der Waals surface area contributed by atoms with Gasteiger partial charge in [0.05, 0.1) is 25.6 Å². The molecule has 38 heavy (non-hydrogen) atoms. The first-order valence-corrected chi connectivity index (χ1v) is 12.4. The molecule has 1 amide bonds. The van der Waals surface area contributed by atoms with Crippen LogP contribution in [0.2, 0.25) is 0 Å². The number of carbonyl (C=O) groups is 4. The molecule has 0 aliphatic heterocycles. The van der Waals surface area contributed by atoms with E-state index in [2.05, 4.69) is 5.32 Å². The predicted octanol–water partition coefficient (Wildman–Crippen LogP) is 3.72. The average Bonchev–Trinajstić information content (AvgIpc) is 2.93. The SMILES string of the molecule is CCOC(=O)C[C@H](C(=O)OCC)[C@H](NC(=O)C(c1ccccc1)(c1ccccc1)c1ccccc1)C(=O)O. The van der Waals surface area contributed by atoms with E-state index in [1.54, 1.807) is 86.6 Å². The van der Waals surface area contributed by atoms with E-state index in [0.29, 0.717) is 16.7 Å². The first-order valence-electron chi connectivity index (χ1n) is 12.4. The quantitative estimate of drug-likeness (QED) is 0.278. The van der Waals surface area contributed by atoms with Crippen LogP contribution in [0, 0.1) is 5.92 Å². The van der Waals surface area contributed by atoms with Crippen LogP contribution in [0.1, 0.15) is 37.0 Å². The molecule has 3 rings (SSSR count). The molecule has 0 fully saturated rings. The number of ether oxygens (including phenoxy) is 2. The highest BCUT2D eigenvalue weighted by atomic mass is 16.5. The summed E-state index contributed by atoms with van der Waals surface area (Å²) in [6.45, 7) is 3.19. The summed E-state index contributed by atoms with van der Waals surface area (Å²) in [5.41, 5.74) is 0.312. The summed E-state index contributed by atoms with van der Waals surface area (Å²) in [7, 11) is 0. The highest BCUT2D eigenvalue weighted by Crippen LogP contribution is 2.40. The first kappa shape index (κ1) is 28.1. The second kappa shape index (κ2) is 13.2. The number of carboxylic acid groups (broad SMARTS) is 1. The third-order valence-electron chi connectivity index (χ3n) is 6.20. The minimum absolute atomic E-state index is 0.0274. The zero-order valence-electron chi connectivity index (χ0n) is 21.3. The van der Waals surface area contributed by atoms with Crippen LogP contribution in [0.25, 0.3) is 0 Å². The first-order chi connectivity index (χ1) is 18.4. The molecule has 0 aromatic heterocycles. The van der Waals surface area contributed by atoms with Gasteiger partial charge in [-0.15, -0.1) is 0 Å². The molecule has 0 spiro atoms. The Bertz CT molecular complexity index is 1130. The second-order valence-corrected chi connectivity index (χ2v) is 8.51. The fraction of sp³-hybridized carbons (Fsp3) is 0.267. The fourth-order valence-electron chi connectivity index (χ4n) is 4.53. The van der Waals surface area contributed by atoms with Gasteiger partial charge in [0.1, 0.15) is 11.5 Å². The second-order valence-electron chi connectivity index (χ2n) is 8.51. The predicted molar refractivity (Wildman–Crippen MR) is 140 cm³/mol. The molecule has 2 N–H and O–H groups in total. The number of hydrogen-bond acceptors (Lipinski definition) is 6. The van der Waals surface area contributed by atoms with Gasteiger partial charge >= 0.3 is 17.9 Å². The van der Waals surface area contributed by atoms with Crippen LogP contribution in [0.4, 0.5) is 0 Å². The van der Waals surface area contributed by atoms with Gasteiger partial charge in [0.2, 0.25) is 5.91 Å². The highest BCUT2D eigenvalue weighted by molar-refractivity contribution is 5.99. The summed E-state index contributed by atoms with van der Waals surface area (Å²) < 4.78 is 10.0. The lowest BCUT2D eigenvalue weighted by Gasteiger charge is -2.36. The Kier molecular flexibility index (Phi) is 9.76. The summed E-state index contributed by atoms with van der Waals surface area (Å²) in [5.74, 6) is -5.35. The molecule has 0 aliphatic rings. The van der Waals surface area contributed by atoms with Crippen molar-refractivity contribution in [3.8, 4) is 0 Å². The van der Waals surface area contributed by atoms with Gasteiger partial charge in [0, 0.05) is 0 Å². The Morgan fingerprint density at radius 2 is 1.16 bits per heavy atom. The maximum atomic E-state index is 14.4. The molecular formula is C30H31NO7. The van der Waals surface area contributed by atoms with Crippen LogP contribution in [-0.2, 0) is 34.1 Å². The molecule has 3 aromatic rings. The van der Waals surface area contributed by atoms with Crippen molar-refractivity contribution in [2.24, 2.45) is 5.92 Å². The Hall–Kier alpha value is -4.46. The van der Waals surface area contributed by atoms with Gasteiger partial charge in [-0.1, -0.05) is 91.0 Å². The normalized spacial score (nSPS) is 12.6.